The van der Waals surface area contributed by atoms with E-state index in [-0.39, 0.29) is 43.6 Å². The van der Waals surface area contributed by atoms with Crippen molar-refractivity contribution < 1.29 is 50.3 Å². The molecule has 1 heterocycles. The molecule has 0 saturated carbocycles. The number of quaternary nitrogens is 1. The van der Waals surface area contributed by atoms with E-state index in [2.05, 4.69) is 16.1 Å². The third-order valence-corrected chi connectivity index (χ3v) is 7.18. The number of rotatable bonds is 10. The lowest BCUT2D eigenvalue weighted by Crippen LogP contribution is -2.51. The lowest BCUT2D eigenvalue weighted by molar-refractivity contribution is -0.900. The number of halogens is 6. The van der Waals surface area contributed by atoms with Crippen LogP contribution in [0.5, 0.6) is 17.2 Å². The van der Waals surface area contributed by atoms with Gasteiger partial charge in [0, 0.05) is 24.3 Å². The SMILES string of the molecule is C=CCOc1ccc(C[N+]2([O-])CCC(C(O)(c3ccc(OC(F)(F)F)cc3)c3ccc(OC(F)(F)F)cc3)CC2)cc1. The summed E-state index contributed by atoms with van der Waals surface area (Å²) < 4.78 is 88.9. The summed E-state index contributed by atoms with van der Waals surface area (Å²) in [5.41, 5.74) is -0.631. The highest BCUT2D eigenvalue weighted by Crippen LogP contribution is 2.44. The van der Waals surface area contributed by atoms with Gasteiger partial charge in [-0.25, -0.2) is 0 Å². The molecule has 1 fully saturated rings. The number of hydrogen-bond acceptors (Lipinski definition) is 5. The minimum absolute atomic E-state index is 0.131. The smallest absolute Gasteiger partial charge is 0.573 e. The van der Waals surface area contributed by atoms with Crippen LogP contribution >= 0.6 is 0 Å². The van der Waals surface area contributed by atoms with E-state index >= 15 is 0 Å². The predicted molar refractivity (Wildman–Crippen MR) is 141 cm³/mol. The highest BCUT2D eigenvalue weighted by molar-refractivity contribution is 5.42. The monoisotopic (exact) mass is 597 g/mol. The molecule has 0 atom stereocenters. The number of likely N-dealkylation sites (tertiary alicyclic amines) is 1. The van der Waals surface area contributed by atoms with Crippen molar-refractivity contribution in [2.75, 3.05) is 19.7 Å². The summed E-state index contributed by atoms with van der Waals surface area (Å²) in [5.74, 6) is -0.932. The third kappa shape index (κ3) is 7.96. The van der Waals surface area contributed by atoms with Gasteiger partial charge in [0.2, 0.25) is 0 Å². The molecule has 0 amide bonds. The van der Waals surface area contributed by atoms with Gasteiger partial charge in [-0.1, -0.05) is 36.9 Å². The Morgan fingerprint density at radius 1 is 0.762 bits per heavy atom. The van der Waals surface area contributed by atoms with Gasteiger partial charge in [0.05, 0.1) is 13.1 Å². The predicted octanol–water partition coefficient (Wildman–Crippen LogP) is 7.21. The van der Waals surface area contributed by atoms with Crippen LogP contribution in [-0.2, 0) is 12.1 Å². The molecular formula is C30H29F6NO5. The summed E-state index contributed by atoms with van der Waals surface area (Å²) in [6.45, 7) is 4.39. The first kappa shape index (κ1) is 31.2. The molecular weight excluding hydrogens is 568 g/mol. The van der Waals surface area contributed by atoms with Crippen LogP contribution in [0.1, 0.15) is 29.5 Å². The van der Waals surface area contributed by atoms with Crippen molar-refractivity contribution in [3.8, 4) is 17.2 Å². The summed E-state index contributed by atoms with van der Waals surface area (Å²) in [4.78, 5) is 0. The van der Waals surface area contributed by atoms with Crippen molar-refractivity contribution >= 4 is 0 Å². The minimum atomic E-state index is -4.91. The molecule has 0 radical (unpaired) electrons. The molecule has 0 aromatic heterocycles. The molecule has 42 heavy (non-hydrogen) atoms. The molecule has 0 bridgehead atoms. The quantitative estimate of drug-likeness (QED) is 0.116. The summed E-state index contributed by atoms with van der Waals surface area (Å²) in [6, 6.07) is 16.4. The highest BCUT2D eigenvalue weighted by atomic mass is 19.4. The first-order valence-corrected chi connectivity index (χ1v) is 13.0. The van der Waals surface area contributed by atoms with Gasteiger partial charge in [0.25, 0.3) is 0 Å². The summed E-state index contributed by atoms with van der Waals surface area (Å²) >= 11 is 0. The maximum atomic E-state index is 13.6. The van der Waals surface area contributed by atoms with Crippen LogP contribution in [0.3, 0.4) is 0 Å². The Hall–Kier alpha value is -3.74. The molecule has 3 aromatic rings. The maximum absolute atomic E-state index is 13.6. The van der Waals surface area contributed by atoms with Crippen molar-refractivity contribution in [3.05, 3.63) is 107 Å². The number of hydrogen-bond donors (Lipinski definition) is 1. The third-order valence-electron chi connectivity index (χ3n) is 7.18. The number of nitrogens with zero attached hydrogens (tertiary/aromatic N) is 1. The van der Waals surface area contributed by atoms with E-state index in [4.69, 9.17) is 4.74 Å². The average Bonchev–Trinajstić information content (AvgIpc) is 2.91. The Labute approximate surface area is 238 Å². The Morgan fingerprint density at radius 2 is 1.19 bits per heavy atom. The molecule has 3 aromatic carbocycles. The van der Waals surface area contributed by atoms with Gasteiger partial charge in [0.15, 0.2) is 0 Å². The maximum Gasteiger partial charge on any atom is 0.573 e. The van der Waals surface area contributed by atoms with Crippen molar-refractivity contribution in [1.82, 2.24) is 0 Å². The number of hydroxylamine groups is 3. The number of alkyl halides is 6. The van der Waals surface area contributed by atoms with Gasteiger partial charge in [0.1, 0.15) is 36.0 Å². The van der Waals surface area contributed by atoms with E-state index in [1.54, 1.807) is 30.3 Å². The van der Waals surface area contributed by atoms with Crippen molar-refractivity contribution in [2.24, 2.45) is 5.92 Å². The first-order chi connectivity index (χ1) is 19.7. The second kappa shape index (κ2) is 12.2. The number of aliphatic hydroxyl groups is 1. The van der Waals surface area contributed by atoms with Gasteiger partial charge >= 0.3 is 12.7 Å². The highest BCUT2D eigenvalue weighted by Gasteiger charge is 2.44. The largest absolute Gasteiger partial charge is 0.633 e. The van der Waals surface area contributed by atoms with E-state index in [1.165, 1.54) is 24.3 Å². The molecule has 4 rings (SSSR count). The van der Waals surface area contributed by atoms with Gasteiger partial charge in [-0.05, 0) is 59.7 Å². The topological polar surface area (TPSA) is 71.0 Å². The zero-order valence-electron chi connectivity index (χ0n) is 22.3. The van der Waals surface area contributed by atoms with E-state index < -0.39 is 40.4 Å². The average molecular weight is 598 g/mol. The van der Waals surface area contributed by atoms with Crippen LogP contribution < -0.4 is 14.2 Å². The number of benzene rings is 3. The van der Waals surface area contributed by atoms with Crippen LogP contribution in [0.15, 0.2) is 85.5 Å². The fraction of sp³-hybridized carbons (Fsp3) is 0.333. The van der Waals surface area contributed by atoms with Gasteiger partial charge in [-0.2, -0.15) is 0 Å². The molecule has 0 unspecified atom stereocenters. The standard InChI is InChI=1S/C30H29F6NO5/c1-2-19-40-25-9-3-21(4-10-25)20-37(39)17-15-24(16-18-37)28(38,22-5-11-26(12-6-22)41-29(31,32)33)23-7-13-27(14-8-23)42-30(34,35)36/h2-14,24,38H,1,15-20H2. The van der Waals surface area contributed by atoms with Gasteiger partial charge in [-0.15, -0.1) is 26.3 Å². The Balaban J connectivity index is 1.56. The number of ether oxygens (including phenoxy) is 3. The van der Waals surface area contributed by atoms with E-state index in [0.717, 1.165) is 29.8 Å². The Bertz CT molecular complexity index is 1260. The Kier molecular flexibility index (Phi) is 9.09. The van der Waals surface area contributed by atoms with Crippen LogP contribution in [0.4, 0.5) is 26.3 Å². The van der Waals surface area contributed by atoms with Crippen molar-refractivity contribution in [3.63, 3.8) is 0 Å². The van der Waals surface area contributed by atoms with Crippen LogP contribution in [0.25, 0.3) is 0 Å². The lowest BCUT2D eigenvalue weighted by atomic mass is 9.72. The molecule has 0 aliphatic carbocycles. The second-order valence-corrected chi connectivity index (χ2v) is 10.1. The van der Waals surface area contributed by atoms with Gasteiger partial charge < -0.3 is 29.2 Å². The first-order valence-electron chi connectivity index (χ1n) is 13.0. The van der Waals surface area contributed by atoms with Crippen LogP contribution in [0, 0.1) is 11.1 Å². The molecule has 6 nitrogen and oxygen atoms in total. The van der Waals surface area contributed by atoms with Crippen LogP contribution in [-0.4, -0.2) is 42.2 Å². The number of piperidine rings is 1. The van der Waals surface area contributed by atoms with Crippen LogP contribution in [0.2, 0.25) is 0 Å². The summed E-state index contributed by atoms with van der Waals surface area (Å²) in [6.07, 6.45) is -7.73. The van der Waals surface area contributed by atoms with Crippen molar-refractivity contribution in [2.45, 2.75) is 37.7 Å². The lowest BCUT2D eigenvalue weighted by Gasteiger charge is -2.50. The Morgan fingerprint density at radius 3 is 1.60 bits per heavy atom. The van der Waals surface area contributed by atoms with E-state index in [0.29, 0.717) is 12.4 Å². The minimum Gasteiger partial charge on any atom is -0.633 e. The van der Waals surface area contributed by atoms with Crippen molar-refractivity contribution in [1.29, 1.82) is 0 Å². The molecule has 1 aliphatic heterocycles. The zero-order chi connectivity index (χ0) is 30.6. The fourth-order valence-corrected chi connectivity index (χ4v) is 5.25. The van der Waals surface area contributed by atoms with E-state index in [1.807, 2.05) is 0 Å². The molecule has 0 spiro atoms. The summed E-state index contributed by atoms with van der Waals surface area (Å²) in [7, 11) is 0. The normalized spacial score (nSPS) is 19.7. The molecule has 1 N–H and O–H groups in total. The van der Waals surface area contributed by atoms with E-state index in [9.17, 15) is 36.7 Å². The zero-order valence-corrected chi connectivity index (χ0v) is 22.3. The van der Waals surface area contributed by atoms with Gasteiger partial charge in [-0.3, -0.25) is 0 Å². The molecule has 226 valence electrons. The summed E-state index contributed by atoms with van der Waals surface area (Å²) in [5, 5.41) is 25.7. The molecule has 1 saturated heterocycles. The molecule has 1 aliphatic rings. The molecule has 12 heteroatoms. The second-order valence-electron chi connectivity index (χ2n) is 10.1. The fourth-order valence-electron chi connectivity index (χ4n) is 5.25.